The van der Waals surface area contributed by atoms with Gasteiger partial charge in [-0.3, -0.25) is 4.79 Å². The number of nitrogens with zero attached hydrogens (tertiary/aromatic N) is 3. The molecule has 1 N–H and O–H groups in total. The first-order valence-electron chi connectivity index (χ1n) is 4.38. The van der Waals surface area contributed by atoms with Crippen molar-refractivity contribution in [1.82, 2.24) is 15.0 Å². The number of carbonyl (C=O) groups is 1. The molecule has 5 nitrogen and oxygen atoms in total. The van der Waals surface area contributed by atoms with E-state index in [0.717, 1.165) is 12.8 Å². The van der Waals surface area contributed by atoms with Gasteiger partial charge in [0, 0.05) is 13.5 Å². The van der Waals surface area contributed by atoms with Gasteiger partial charge in [-0.2, -0.15) is 0 Å². The highest BCUT2D eigenvalue weighted by atomic mass is 16.1. The van der Waals surface area contributed by atoms with Gasteiger partial charge in [0.1, 0.15) is 0 Å². The number of hydrogen-bond donors (Lipinski definition) is 1. The summed E-state index contributed by atoms with van der Waals surface area (Å²) in [7, 11) is 1.74. The smallest absolute Gasteiger partial charge is 0.225 e. The van der Waals surface area contributed by atoms with Crippen LogP contribution in [0.2, 0.25) is 0 Å². The van der Waals surface area contributed by atoms with Crippen molar-refractivity contribution in [2.45, 2.75) is 26.2 Å². The standard InChI is InChI=1S/C8H14N4O/c1-3-4-5-8(13)10-7-6-9-11-12(7)2/h6H,3-5H2,1-2H3,(H,10,13). The Hall–Kier alpha value is -1.39. The van der Waals surface area contributed by atoms with Crippen LogP contribution in [0.25, 0.3) is 0 Å². The third-order valence-electron chi connectivity index (χ3n) is 1.74. The predicted molar refractivity (Wildman–Crippen MR) is 49.2 cm³/mol. The molecule has 0 fully saturated rings. The van der Waals surface area contributed by atoms with Crippen LogP contribution in [0, 0.1) is 0 Å². The molecule has 1 amide bonds. The summed E-state index contributed by atoms with van der Waals surface area (Å²) in [4.78, 5) is 11.2. The number of amides is 1. The Morgan fingerprint density at radius 3 is 3.00 bits per heavy atom. The second-order valence-electron chi connectivity index (χ2n) is 2.89. The SMILES string of the molecule is CCCCC(=O)Nc1cnnn1C. The number of nitrogens with one attached hydrogen (secondary N) is 1. The van der Waals surface area contributed by atoms with Gasteiger partial charge in [-0.1, -0.05) is 18.6 Å². The Kier molecular flexibility index (Phi) is 3.42. The van der Waals surface area contributed by atoms with Crippen molar-refractivity contribution < 1.29 is 4.79 Å². The molecular formula is C8H14N4O. The lowest BCUT2D eigenvalue weighted by Gasteiger charge is -2.02. The number of aryl methyl sites for hydroxylation is 1. The summed E-state index contributed by atoms with van der Waals surface area (Å²) in [6, 6.07) is 0. The Morgan fingerprint density at radius 2 is 2.46 bits per heavy atom. The van der Waals surface area contributed by atoms with E-state index in [4.69, 9.17) is 0 Å². The maximum atomic E-state index is 11.2. The van der Waals surface area contributed by atoms with Crippen LogP contribution in [-0.2, 0) is 11.8 Å². The van der Waals surface area contributed by atoms with Crippen molar-refractivity contribution in [2.24, 2.45) is 7.05 Å². The van der Waals surface area contributed by atoms with Gasteiger partial charge in [-0.15, -0.1) is 5.10 Å². The normalized spacial score (nSPS) is 10.0. The van der Waals surface area contributed by atoms with E-state index in [1.54, 1.807) is 7.05 Å². The van der Waals surface area contributed by atoms with Crippen LogP contribution in [0.4, 0.5) is 5.82 Å². The zero-order valence-electron chi connectivity index (χ0n) is 7.95. The Bertz CT molecular complexity index is 281. The van der Waals surface area contributed by atoms with Gasteiger partial charge >= 0.3 is 0 Å². The van der Waals surface area contributed by atoms with Gasteiger partial charge in [0.05, 0.1) is 6.20 Å². The van der Waals surface area contributed by atoms with Gasteiger partial charge in [0.2, 0.25) is 5.91 Å². The lowest BCUT2D eigenvalue weighted by molar-refractivity contribution is -0.116. The molecule has 0 saturated heterocycles. The van der Waals surface area contributed by atoms with E-state index in [1.807, 2.05) is 0 Å². The maximum absolute atomic E-state index is 11.2. The van der Waals surface area contributed by atoms with Crippen LogP contribution in [0.5, 0.6) is 0 Å². The van der Waals surface area contributed by atoms with Crippen LogP contribution in [0.15, 0.2) is 6.20 Å². The summed E-state index contributed by atoms with van der Waals surface area (Å²) in [6.45, 7) is 2.05. The fraction of sp³-hybridized carbons (Fsp3) is 0.625. The topological polar surface area (TPSA) is 59.8 Å². The van der Waals surface area contributed by atoms with Gasteiger partial charge in [0.25, 0.3) is 0 Å². The van der Waals surface area contributed by atoms with Gasteiger partial charge in [-0.05, 0) is 6.42 Å². The molecule has 72 valence electrons. The molecule has 0 aliphatic rings. The van der Waals surface area contributed by atoms with Crippen molar-refractivity contribution in [3.8, 4) is 0 Å². The predicted octanol–water partition coefficient (Wildman–Crippen LogP) is 0.944. The quantitative estimate of drug-likeness (QED) is 0.754. The molecule has 0 atom stereocenters. The first kappa shape index (κ1) is 9.70. The van der Waals surface area contributed by atoms with E-state index in [0.29, 0.717) is 12.2 Å². The van der Waals surface area contributed by atoms with Gasteiger partial charge in [-0.25, -0.2) is 4.68 Å². The minimum atomic E-state index is 0.0206. The number of anilines is 1. The number of hydrogen-bond acceptors (Lipinski definition) is 3. The molecular weight excluding hydrogens is 168 g/mol. The number of rotatable bonds is 4. The molecule has 0 aromatic carbocycles. The van der Waals surface area contributed by atoms with E-state index in [-0.39, 0.29) is 5.91 Å². The Labute approximate surface area is 77.1 Å². The minimum absolute atomic E-state index is 0.0206. The molecule has 5 heteroatoms. The molecule has 0 radical (unpaired) electrons. The molecule has 1 heterocycles. The minimum Gasteiger partial charge on any atom is -0.310 e. The fourth-order valence-electron chi connectivity index (χ4n) is 0.946. The molecule has 0 aliphatic carbocycles. The summed E-state index contributed by atoms with van der Waals surface area (Å²) in [6.07, 6.45) is 4.03. The molecule has 0 aliphatic heterocycles. The summed E-state index contributed by atoms with van der Waals surface area (Å²) < 4.78 is 1.53. The molecule has 1 aromatic heterocycles. The van der Waals surface area contributed by atoms with Gasteiger partial charge < -0.3 is 5.32 Å². The van der Waals surface area contributed by atoms with Crippen LogP contribution in [0.3, 0.4) is 0 Å². The first-order valence-corrected chi connectivity index (χ1v) is 4.38. The van der Waals surface area contributed by atoms with Crippen LogP contribution in [-0.4, -0.2) is 20.9 Å². The van der Waals surface area contributed by atoms with Crippen molar-refractivity contribution in [2.75, 3.05) is 5.32 Å². The monoisotopic (exact) mass is 182 g/mol. The number of unbranched alkanes of at least 4 members (excludes halogenated alkanes) is 1. The summed E-state index contributed by atoms with van der Waals surface area (Å²) >= 11 is 0. The number of carbonyl (C=O) groups excluding carboxylic acids is 1. The Morgan fingerprint density at radius 1 is 1.69 bits per heavy atom. The van der Waals surface area contributed by atoms with Crippen molar-refractivity contribution in [1.29, 1.82) is 0 Å². The fourth-order valence-corrected chi connectivity index (χ4v) is 0.946. The highest BCUT2D eigenvalue weighted by Gasteiger charge is 2.04. The average molecular weight is 182 g/mol. The van der Waals surface area contributed by atoms with Crippen molar-refractivity contribution >= 4 is 11.7 Å². The van der Waals surface area contributed by atoms with Crippen molar-refractivity contribution in [3.05, 3.63) is 6.20 Å². The largest absolute Gasteiger partial charge is 0.310 e. The van der Waals surface area contributed by atoms with E-state index in [2.05, 4.69) is 22.6 Å². The van der Waals surface area contributed by atoms with Crippen molar-refractivity contribution in [3.63, 3.8) is 0 Å². The van der Waals surface area contributed by atoms with E-state index in [1.165, 1.54) is 10.9 Å². The zero-order valence-corrected chi connectivity index (χ0v) is 7.95. The second-order valence-corrected chi connectivity index (χ2v) is 2.89. The van der Waals surface area contributed by atoms with Crippen LogP contribution >= 0.6 is 0 Å². The Balaban J connectivity index is 2.41. The van der Waals surface area contributed by atoms with E-state index >= 15 is 0 Å². The van der Waals surface area contributed by atoms with E-state index in [9.17, 15) is 4.79 Å². The lowest BCUT2D eigenvalue weighted by atomic mass is 10.2. The molecule has 0 spiro atoms. The molecule has 1 aromatic rings. The molecule has 0 unspecified atom stereocenters. The molecule has 13 heavy (non-hydrogen) atoms. The zero-order chi connectivity index (χ0) is 9.68. The highest BCUT2D eigenvalue weighted by Crippen LogP contribution is 2.03. The molecule has 1 rings (SSSR count). The third kappa shape index (κ3) is 2.85. The first-order chi connectivity index (χ1) is 6.24. The molecule has 0 bridgehead atoms. The number of aromatic nitrogens is 3. The summed E-state index contributed by atoms with van der Waals surface area (Å²) in [5.74, 6) is 0.661. The highest BCUT2D eigenvalue weighted by molar-refractivity contribution is 5.89. The summed E-state index contributed by atoms with van der Waals surface area (Å²) in [5.41, 5.74) is 0. The average Bonchev–Trinajstić information content (AvgIpc) is 2.48. The lowest BCUT2D eigenvalue weighted by Crippen LogP contribution is -2.13. The van der Waals surface area contributed by atoms with Crippen LogP contribution in [0.1, 0.15) is 26.2 Å². The van der Waals surface area contributed by atoms with E-state index < -0.39 is 0 Å². The van der Waals surface area contributed by atoms with Gasteiger partial charge in [0.15, 0.2) is 5.82 Å². The third-order valence-corrected chi connectivity index (χ3v) is 1.74. The molecule has 0 saturated carbocycles. The van der Waals surface area contributed by atoms with Crippen LogP contribution < -0.4 is 5.32 Å². The maximum Gasteiger partial charge on any atom is 0.225 e. The second kappa shape index (κ2) is 4.59. The summed E-state index contributed by atoms with van der Waals surface area (Å²) in [5, 5.41) is 10.1.